The van der Waals surface area contributed by atoms with Gasteiger partial charge in [-0.1, -0.05) is 36.4 Å². The van der Waals surface area contributed by atoms with Crippen molar-refractivity contribution in [2.24, 2.45) is 0 Å². The number of amides is 2. The second-order valence-electron chi connectivity index (χ2n) is 7.85. The minimum absolute atomic E-state index is 0.0789. The van der Waals surface area contributed by atoms with Crippen molar-refractivity contribution in [3.05, 3.63) is 65.2 Å². The van der Waals surface area contributed by atoms with Crippen molar-refractivity contribution in [2.75, 3.05) is 31.1 Å². The molecule has 2 fully saturated rings. The number of hydrogen-bond acceptors (Lipinski definition) is 4. The van der Waals surface area contributed by atoms with E-state index in [-0.39, 0.29) is 24.3 Å². The van der Waals surface area contributed by atoms with Gasteiger partial charge in [-0.05, 0) is 42.7 Å². The predicted molar refractivity (Wildman–Crippen MR) is 110 cm³/mol. The number of hydrogen-bond donors (Lipinski definition) is 0. The molecule has 5 nitrogen and oxygen atoms in total. The molecule has 2 aliphatic heterocycles. The Morgan fingerprint density at radius 3 is 2.29 bits per heavy atom. The molecule has 0 aliphatic carbocycles. The van der Waals surface area contributed by atoms with Crippen molar-refractivity contribution in [3.63, 3.8) is 0 Å². The van der Waals surface area contributed by atoms with Crippen LogP contribution >= 0.6 is 0 Å². The minimum Gasteiger partial charge on any atom is -0.297 e. The van der Waals surface area contributed by atoms with E-state index in [1.807, 2.05) is 38.1 Å². The third kappa shape index (κ3) is 3.73. The van der Waals surface area contributed by atoms with Crippen LogP contribution in [-0.2, 0) is 16.1 Å². The van der Waals surface area contributed by atoms with Crippen molar-refractivity contribution in [2.45, 2.75) is 32.9 Å². The van der Waals surface area contributed by atoms with Gasteiger partial charge in [0.2, 0.25) is 5.91 Å². The molecular formula is C23H27N3O2. The number of aryl methyl sites for hydroxylation is 2. The number of anilines is 1. The smallest absolute Gasteiger partial charge is 0.251 e. The first-order chi connectivity index (χ1) is 13.5. The number of nitrogens with zero attached hydrogens (tertiary/aromatic N) is 3. The van der Waals surface area contributed by atoms with Gasteiger partial charge in [0, 0.05) is 32.7 Å². The van der Waals surface area contributed by atoms with Crippen LogP contribution in [-0.4, -0.2) is 53.8 Å². The van der Waals surface area contributed by atoms with Crippen molar-refractivity contribution >= 4 is 17.5 Å². The van der Waals surface area contributed by atoms with Gasteiger partial charge in [0.1, 0.15) is 0 Å². The van der Waals surface area contributed by atoms with E-state index in [2.05, 4.69) is 34.1 Å². The molecule has 0 unspecified atom stereocenters. The van der Waals surface area contributed by atoms with Crippen LogP contribution in [0.25, 0.3) is 0 Å². The monoisotopic (exact) mass is 377 g/mol. The molecule has 0 aromatic heterocycles. The highest BCUT2D eigenvalue weighted by Gasteiger charge is 2.43. The molecule has 2 saturated heterocycles. The van der Waals surface area contributed by atoms with Crippen molar-refractivity contribution in [1.29, 1.82) is 0 Å². The quantitative estimate of drug-likeness (QED) is 0.769. The van der Waals surface area contributed by atoms with Gasteiger partial charge in [0.05, 0.1) is 18.2 Å². The maximum absolute atomic E-state index is 13.0. The zero-order chi connectivity index (χ0) is 19.7. The van der Waals surface area contributed by atoms with Gasteiger partial charge in [0.25, 0.3) is 5.91 Å². The molecule has 2 heterocycles. The molecule has 0 N–H and O–H groups in total. The van der Waals surface area contributed by atoms with Gasteiger partial charge < -0.3 is 0 Å². The van der Waals surface area contributed by atoms with Gasteiger partial charge in [-0.25, -0.2) is 4.90 Å². The molecule has 5 heteroatoms. The lowest BCUT2D eigenvalue weighted by atomic mass is 10.1. The molecule has 0 saturated carbocycles. The molecule has 28 heavy (non-hydrogen) atoms. The first-order valence-corrected chi connectivity index (χ1v) is 9.97. The Bertz CT molecular complexity index is 873. The van der Waals surface area contributed by atoms with Crippen LogP contribution in [0.15, 0.2) is 48.5 Å². The molecule has 0 radical (unpaired) electrons. The van der Waals surface area contributed by atoms with E-state index < -0.39 is 0 Å². The number of piperazine rings is 1. The molecule has 0 spiro atoms. The third-order valence-electron chi connectivity index (χ3n) is 5.97. The van der Waals surface area contributed by atoms with E-state index >= 15 is 0 Å². The second-order valence-corrected chi connectivity index (χ2v) is 7.85. The molecule has 4 rings (SSSR count). The Hall–Kier alpha value is -2.50. The molecule has 0 bridgehead atoms. The summed E-state index contributed by atoms with van der Waals surface area (Å²) in [6.07, 6.45) is 0.282. The number of carbonyl (C=O) groups excluding carboxylic acids is 2. The van der Waals surface area contributed by atoms with Crippen LogP contribution in [0.5, 0.6) is 0 Å². The van der Waals surface area contributed by atoms with Gasteiger partial charge >= 0.3 is 0 Å². The fourth-order valence-corrected chi connectivity index (χ4v) is 4.11. The maximum atomic E-state index is 13.0. The summed E-state index contributed by atoms with van der Waals surface area (Å²) < 4.78 is 0. The summed E-state index contributed by atoms with van der Waals surface area (Å²) in [5.41, 5.74) is 4.26. The van der Waals surface area contributed by atoms with Crippen LogP contribution < -0.4 is 4.90 Å². The number of benzene rings is 2. The van der Waals surface area contributed by atoms with Gasteiger partial charge in [-0.3, -0.25) is 19.4 Å². The first kappa shape index (κ1) is 18.8. The van der Waals surface area contributed by atoms with Crippen molar-refractivity contribution in [1.82, 2.24) is 9.80 Å². The highest BCUT2D eigenvalue weighted by atomic mass is 16.2. The second kappa shape index (κ2) is 7.86. The van der Waals surface area contributed by atoms with Crippen LogP contribution in [0.2, 0.25) is 0 Å². The van der Waals surface area contributed by atoms with E-state index in [9.17, 15) is 9.59 Å². The van der Waals surface area contributed by atoms with Gasteiger partial charge in [-0.15, -0.1) is 0 Å². The Kier molecular flexibility index (Phi) is 5.29. The third-order valence-corrected chi connectivity index (χ3v) is 5.97. The highest BCUT2D eigenvalue weighted by Crippen LogP contribution is 2.28. The van der Waals surface area contributed by atoms with Crippen LogP contribution in [0.4, 0.5) is 5.69 Å². The molecule has 146 valence electrons. The fraction of sp³-hybridized carbons (Fsp3) is 0.391. The standard InChI is InChI=1S/C23H27N3O2/c1-17-8-9-20(14-18(17)2)26-22(27)15-21(23(26)28)25-12-10-24(11-13-25)16-19-6-4-3-5-7-19/h3-9,14,21H,10-13,15-16H2,1-2H3/t21-/m0/s1. The Balaban J connectivity index is 1.40. The zero-order valence-corrected chi connectivity index (χ0v) is 16.6. The summed E-state index contributed by atoms with van der Waals surface area (Å²) in [6.45, 7) is 8.43. The zero-order valence-electron chi connectivity index (χ0n) is 16.6. The lowest BCUT2D eigenvalue weighted by Crippen LogP contribution is -2.52. The number of rotatable bonds is 4. The SMILES string of the molecule is Cc1ccc(N2C(=O)C[C@H](N3CCN(Cc4ccccc4)CC3)C2=O)cc1C. The minimum atomic E-state index is -0.326. The molecular weight excluding hydrogens is 350 g/mol. The lowest BCUT2D eigenvalue weighted by Gasteiger charge is -2.37. The molecule has 2 aromatic carbocycles. The van der Waals surface area contributed by atoms with E-state index in [1.165, 1.54) is 10.5 Å². The van der Waals surface area contributed by atoms with E-state index in [4.69, 9.17) is 0 Å². The predicted octanol–water partition coefficient (Wildman–Crippen LogP) is 2.75. The molecule has 2 aliphatic rings. The first-order valence-electron chi connectivity index (χ1n) is 9.97. The summed E-state index contributed by atoms with van der Waals surface area (Å²) >= 11 is 0. The summed E-state index contributed by atoms with van der Waals surface area (Å²) in [7, 11) is 0. The average molecular weight is 377 g/mol. The van der Waals surface area contributed by atoms with Crippen LogP contribution in [0.1, 0.15) is 23.1 Å². The van der Waals surface area contributed by atoms with Crippen molar-refractivity contribution < 1.29 is 9.59 Å². The Morgan fingerprint density at radius 1 is 0.893 bits per heavy atom. The van der Waals surface area contributed by atoms with Crippen LogP contribution in [0, 0.1) is 13.8 Å². The van der Waals surface area contributed by atoms with Gasteiger partial charge in [0.15, 0.2) is 0 Å². The highest BCUT2D eigenvalue weighted by molar-refractivity contribution is 6.22. The fourth-order valence-electron chi connectivity index (χ4n) is 4.11. The summed E-state index contributed by atoms with van der Waals surface area (Å²) in [5.74, 6) is -0.172. The molecule has 2 amide bonds. The van der Waals surface area contributed by atoms with Gasteiger partial charge in [-0.2, -0.15) is 0 Å². The topological polar surface area (TPSA) is 43.9 Å². The van der Waals surface area contributed by atoms with Crippen molar-refractivity contribution in [3.8, 4) is 0 Å². The van der Waals surface area contributed by atoms with E-state index in [0.717, 1.165) is 43.9 Å². The molecule has 2 aromatic rings. The maximum Gasteiger partial charge on any atom is 0.251 e. The molecule has 1 atom stereocenters. The van der Waals surface area contributed by atoms with E-state index in [0.29, 0.717) is 5.69 Å². The van der Waals surface area contributed by atoms with Crippen LogP contribution in [0.3, 0.4) is 0 Å². The van der Waals surface area contributed by atoms with E-state index in [1.54, 1.807) is 0 Å². The summed E-state index contributed by atoms with van der Waals surface area (Å²) in [4.78, 5) is 31.6. The Labute approximate surface area is 166 Å². The normalized spacial score (nSPS) is 21.5. The summed E-state index contributed by atoms with van der Waals surface area (Å²) in [6, 6.07) is 15.9. The summed E-state index contributed by atoms with van der Waals surface area (Å²) in [5, 5.41) is 0. The lowest BCUT2D eigenvalue weighted by molar-refractivity contribution is -0.123. The number of carbonyl (C=O) groups is 2. The number of imide groups is 1. The average Bonchev–Trinajstić information content (AvgIpc) is 3.00. The Morgan fingerprint density at radius 2 is 1.61 bits per heavy atom. The largest absolute Gasteiger partial charge is 0.297 e.